The van der Waals surface area contributed by atoms with Crippen LogP contribution in [0.1, 0.15) is 44.1 Å². The fourth-order valence-corrected chi connectivity index (χ4v) is 2.98. The molecule has 1 aromatic carbocycles. The van der Waals surface area contributed by atoms with Crippen LogP contribution in [0, 0.1) is 0 Å². The minimum absolute atomic E-state index is 0. The van der Waals surface area contributed by atoms with E-state index in [0.717, 1.165) is 23.6 Å². The highest BCUT2D eigenvalue weighted by Crippen LogP contribution is 2.38. The van der Waals surface area contributed by atoms with Crippen molar-refractivity contribution in [1.29, 1.82) is 0 Å². The number of rotatable bonds is 6. The summed E-state index contributed by atoms with van der Waals surface area (Å²) in [5.74, 6) is 2.09. The molecule has 1 aliphatic carbocycles. The Morgan fingerprint density at radius 1 is 0.909 bits per heavy atom. The lowest BCUT2D eigenvalue weighted by atomic mass is 10.1. The van der Waals surface area contributed by atoms with Crippen molar-refractivity contribution in [3.05, 3.63) is 17.7 Å². The average molecular weight is 374 g/mol. The third-order valence-electron chi connectivity index (χ3n) is 4.17. The third kappa shape index (κ3) is 5.06. The molecule has 2 rings (SSSR count). The zero-order valence-corrected chi connectivity index (χ0v) is 15.5. The van der Waals surface area contributed by atoms with E-state index < -0.39 is 0 Å². The molecule has 1 aromatic rings. The Morgan fingerprint density at radius 2 is 1.45 bits per heavy atom. The van der Waals surface area contributed by atoms with Crippen molar-refractivity contribution in [2.24, 2.45) is 0 Å². The highest BCUT2D eigenvalue weighted by Gasteiger charge is 2.15. The van der Waals surface area contributed by atoms with Gasteiger partial charge >= 0.3 is 0 Å². The highest BCUT2D eigenvalue weighted by molar-refractivity contribution is 8.93. The molecule has 1 fully saturated rings. The van der Waals surface area contributed by atoms with Crippen LogP contribution >= 0.6 is 17.0 Å². The molecule has 0 spiro atoms. The van der Waals surface area contributed by atoms with Gasteiger partial charge < -0.3 is 19.5 Å². The summed E-state index contributed by atoms with van der Waals surface area (Å²) in [6.45, 7) is 0.835. The summed E-state index contributed by atoms with van der Waals surface area (Å²) in [5.41, 5.74) is 1.16. The van der Waals surface area contributed by atoms with Crippen LogP contribution in [-0.4, -0.2) is 27.4 Å². The van der Waals surface area contributed by atoms with Gasteiger partial charge in [0.2, 0.25) is 5.75 Å². The Hall–Kier alpha value is -0.940. The molecule has 126 valence electrons. The van der Waals surface area contributed by atoms with Crippen molar-refractivity contribution < 1.29 is 14.2 Å². The molecule has 0 aliphatic heterocycles. The molecule has 0 bridgehead atoms. The highest BCUT2D eigenvalue weighted by atomic mass is 79.9. The van der Waals surface area contributed by atoms with Crippen LogP contribution in [0.5, 0.6) is 17.2 Å². The molecule has 0 atom stereocenters. The van der Waals surface area contributed by atoms with Gasteiger partial charge in [-0.05, 0) is 30.5 Å². The van der Waals surface area contributed by atoms with E-state index in [1.165, 1.54) is 38.5 Å². The van der Waals surface area contributed by atoms with Crippen LogP contribution in [0.4, 0.5) is 0 Å². The first-order valence-electron chi connectivity index (χ1n) is 7.80. The van der Waals surface area contributed by atoms with Crippen LogP contribution in [0.15, 0.2) is 12.1 Å². The topological polar surface area (TPSA) is 39.7 Å². The van der Waals surface area contributed by atoms with Crippen LogP contribution < -0.4 is 19.5 Å². The first-order valence-corrected chi connectivity index (χ1v) is 7.80. The predicted molar refractivity (Wildman–Crippen MR) is 94.7 cm³/mol. The second-order valence-electron chi connectivity index (χ2n) is 5.60. The Morgan fingerprint density at radius 3 is 1.91 bits per heavy atom. The molecule has 0 radical (unpaired) electrons. The molecule has 4 nitrogen and oxygen atoms in total. The summed E-state index contributed by atoms with van der Waals surface area (Å²) >= 11 is 0. The maximum atomic E-state index is 5.40. The average Bonchev–Trinajstić information content (AvgIpc) is 2.80. The minimum atomic E-state index is 0. The zero-order valence-electron chi connectivity index (χ0n) is 13.8. The second-order valence-corrected chi connectivity index (χ2v) is 5.60. The number of methoxy groups -OCH3 is 3. The fourth-order valence-electron chi connectivity index (χ4n) is 2.98. The van der Waals surface area contributed by atoms with Crippen molar-refractivity contribution in [3.8, 4) is 17.2 Å². The molecule has 1 saturated carbocycles. The molecule has 1 aliphatic rings. The minimum Gasteiger partial charge on any atom is -0.493 e. The van der Waals surface area contributed by atoms with Crippen LogP contribution in [0.3, 0.4) is 0 Å². The SMILES string of the molecule is Br.COc1cc(CNC2CCCCCC2)cc(OC)c1OC. The van der Waals surface area contributed by atoms with Gasteiger partial charge in [0.25, 0.3) is 0 Å². The van der Waals surface area contributed by atoms with Crippen molar-refractivity contribution in [1.82, 2.24) is 5.32 Å². The normalized spacial score (nSPS) is 15.6. The zero-order chi connectivity index (χ0) is 15.1. The van der Waals surface area contributed by atoms with Gasteiger partial charge in [0, 0.05) is 12.6 Å². The van der Waals surface area contributed by atoms with E-state index in [2.05, 4.69) is 5.32 Å². The molecular formula is C17H28BrNO3. The smallest absolute Gasteiger partial charge is 0.203 e. The van der Waals surface area contributed by atoms with Gasteiger partial charge in [-0.25, -0.2) is 0 Å². The van der Waals surface area contributed by atoms with Crippen molar-refractivity contribution in [2.45, 2.75) is 51.1 Å². The first kappa shape index (κ1) is 19.1. The van der Waals surface area contributed by atoms with Gasteiger partial charge in [0.05, 0.1) is 21.3 Å². The lowest BCUT2D eigenvalue weighted by Crippen LogP contribution is -2.27. The van der Waals surface area contributed by atoms with Gasteiger partial charge in [-0.2, -0.15) is 0 Å². The lowest BCUT2D eigenvalue weighted by molar-refractivity contribution is 0.323. The van der Waals surface area contributed by atoms with Crippen LogP contribution in [0.2, 0.25) is 0 Å². The summed E-state index contributed by atoms with van der Waals surface area (Å²) < 4.78 is 16.2. The first-order chi connectivity index (χ1) is 10.3. The van der Waals surface area contributed by atoms with Gasteiger partial charge in [0.1, 0.15) is 0 Å². The monoisotopic (exact) mass is 373 g/mol. The maximum absolute atomic E-state index is 5.40. The Kier molecular flexibility index (Phi) is 8.64. The Labute approximate surface area is 144 Å². The molecule has 0 heterocycles. The van der Waals surface area contributed by atoms with Crippen LogP contribution in [-0.2, 0) is 6.54 Å². The van der Waals surface area contributed by atoms with E-state index in [4.69, 9.17) is 14.2 Å². The van der Waals surface area contributed by atoms with E-state index in [0.29, 0.717) is 11.8 Å². The molecule has 5 heteroatoms. The second kappa shape index (κ2) is 9.95. The van der Waals surface area contributed by atoms with E-state index in [-0.39, 0.29) is 17.0 Å². The van der Waals surface area contributed by atoms with Gasteiger partial charge in [-0.15, -0.1) is 17.0 Å². The number of halogens is 1. The molecule has 0 aromatic heterocycles. The standard InChI is InChI=1S/C17H27NO3.BrH/c1-19-15-10-13(11-16(20-2)17(15)21-3)12-18-14-8-6-4-5-7-9-14;/h10-11,14,18H,4-9,12H2,1-3H3;1H. The number of hydrogen-bond acceptors (Lipinski definition) is 4. The molecule has 0 saturated heterocycles. The fraction of sp³-hybridized carbons (Fsp3) is 0.647. The van der Waals surface area contributed by atoms with Gasteiger partial charge in [-0.1, -0.05) is 25.7 Å². The Bertz CT molecular complexity index is 421. The number of nitrogens with one attached hydrogen (secondary N) is 1. The summed E-state index contributed by atoms with van der Waals surface area (Å²) in [6.07, 6.45) is 8.00. The van der Waals surface area contributed by atoms with Gasteiger partial charge in [0.15, 0.2) is 11.5 Å². The van der Waals surface area contributed by atoms with E-state index >= 15 is 0 Å². The molecule has 22 heavy (non-hydrogen) atoms. The van der Waals surface area contributed by atoms with Crippen molar-refractivity contribution >= 4 is 17.0 Å². The summed E-state index contributed by atoms with van der Waals surface area (Å²) in [5, 5.41) is 3.67. The van der Waals surface area contributed by atoms with E-state index in [1.54, 1.807) is 21.3 Å². The largest absolute Gasteiger partial charge is 0.493 e. The number of hydrogen-bond donors (Lipinski definition) is 1. The number of ether oxygens (including phenoxy) is 3. The molecule has 0 amide bonds. The Balaban J connectivity index is 0.00000242. The van der Waals surface area contributed by atoms with Crippen LogP contribution in [0.25, 0.3) is 0 Å². The molecular weight excluding hydrogens is 346 g/mol. The molecule has 0 unspecified atom stereocenters. The van der Waals surface area contributed by atoms with E-state index in [1.807, 2.05) is 12.1 Å². The van der Waals surface area contributed by atoms with Gasteiger partial charge in [-0.3, -0.25) is 0 Å². The van der Waals surface area contributed by atoms with Crippen molar-refractivity contribution in [3.63, 3.8) is 0 Å². The summed E-state index contributed by atoms with van der Waals surface area (Å²) in [6, 6.07) is 4.67. The van der Waals surface area contributed by atoms with Crippen molar-refractivity contribution in [2.75, 3.05) is 21.3 Å². The predicted octanol–water partition coefficient (Wildman–Crippen LogP) is 4.10. The lowest BCUT2D eigenvalue weighted by Gasteiger charge is -2.18. The van der Waals surface area contributed by atoms with E-state index in [9.17, 15) is 0 Å². The number of benzene rings is 1. The summed E-state index contributed by atoms with van der Waals surface area (Å²) in [7, 11) is 4.93. The third-order valence-corrected chi connectivity index (χ3v) is 4.17. The quantitative estimate of drug-likeness (QED) is 0.761. The molecule has 1 N–H and O–H groups in total. The maximum Gasteiger partial charge on any atom is 0.203 e. The summed E-state index contributed by atoms with van der Waals surface area (Å²) in [4.78, 5) is 0.